The summed E-state index contributed by atoms with van der Waals surface area (Å²) in [5, 5.41) is 0. The van der Waals surface area contributed by atoms with Gasteiger partial charge in [-0.25, -0.2) is 0 Å². The summed E-state index contributed by atoms with van der Waals surface area (Å²) in [6, 6.07) is 0. The first-order chi connectivity index (χ1) is 4.84. The van der Waals surface area contributed by atoms with Gasteiger partial charge in [-0.05, 0) is 24.7 Å². The van der Waals surface area contributed by atoms with Crippen molar-refractivity contribution in [3.63, 3.8) is 0 Å². The van der Waals surface area contributed by atoms with E-state index >= 15 is 0 Å². The van der Waals surface area contributed by atoms with Crippen molar-refractivity contribution in [1.82, 2.24) is 0 Å². The van der Waals surface area contributed by atoms with E-state index in [-0.39, 0.29) is 0 Å². The molecule has 1 atom stereocenters. The zero-order chi connectivity index (χ0) is 7.40. The molecule has 1 aliphatic rings. The molecule has 0 heterocycles. The van der Waals surface area contributed by atoms with Crippen LogP contribution in [0.2, 0.25) is 0 Å². The Morgan fingerprint density at radius 1 is 1.40 bits per heavy atom. The molecule has 0 aromatic carbocycles. The molecule has 0 saturated heterocycles. The van der Waals surface area contributed by atoms with Crippen molar-refractivity contribution in [3.05, 3.63) is 6.92 Å². The second-order valence-electron chi connectivity index (χ2n) is 3.66. The molecule has 1 unspecified atom stereocenters. The average molecular weight is 139 g/mol. The van der Waals surface area contributed by atoms with Gasteiger partial charge in [0, 0.05) is 0 Å². The van der Waals surface area contributed by atoms with Crippen molar-refractivity contribution >= 4 is 0 Å². The molecule has 0 spiro atoms. The zero-order valence-corrected chi connectivity index (χ0v) is 7.10. The number of hydrogen-bond donors (Lipinski definition) is 0. The van der Waals surface area contributed by atoms with Gasteiger partial charge < -0.3 is 0 Å². The van der Waals surface area contributed by atoms with E-state index in [1.807, 2.05) is 0 Å². The van der Waals surface area contributed by atoms with Crippen LogP contribution in [0.4, 0.5) is 0 Å². The van der Waals surface area contributed by atoms with Crippen molar-refractivity contribution in [1.29, 1.82) is 0 Å². The Morgan fingerprint density at radius 2 is 2.10 bits per heavy atom. The third-order valence-electron chi connectivity index (χ3n) is 2.59. The van der Waals surface area contributed by atoms with Gasteiger partial charge in [0.1, 0.15) is 0 Å². The summed E-state index contributed by atoms with van der Waals surface area (Å²) in [4.78, 5) is 0. The van der Waals surface area contributed by atoms with Gasteiger partial charge in [0.05, 0.1) is 0 Å². The summed E-state index contributed by atoms with van der Waals surface area (Å²) < 4.78 is 0. The number of unbranched alkanes of at least 4 members (excludes halogenated alkanes) is 2. The summed E-state index contributed by atoms with van der Waals surface area (Å²) in [5.74, 6) is 2.11. The van der Waals surface area contributed by atoms with Gasteiger partial charge in [-0.3, -0.25) is 0 Å². The Morgan fingerprint density at radius 3 is 2.60 bits per heavy atom. The molecule has 10 heavy (non-hydrogen) atoms. The fourth-order valence-electron chi connectivity index (χ4n) is 1.54. The summed E-state index contributed by atoms with van der Waals surface area (Å²) in [5.41, 5.74) is 0. The molecule has 1 fully saturated rings. The van der Waals surface area contributed by atoms with E-state index in [1.165, 1.54) is 32.1 Å². The predicted molar refractivity (Wildman–Crippen MR) is 45.7 cm³/mol. The summed E-state index contributed by atoms with van der Waals surface area (Å²) >= 11 is 0. The minimum atomic E-state index is 1.01. The van der Waals surface area contributed by atoms with Gasteiger partial charge >= 0.3 is 0 Å². The molecule has 0 N–H and O–H groups in total. The molecule has 0 amide bonds. The highest BCUT2D eigenvalue weighted by Crippen LogP contribution is 2.38. The van der Waals surface area contributed by atoms with E-state index in [0.29, 0.717) is 0 Å². The molecule has 0 aliphatic heterocycles. The molecule has 0 heteroatoms. The van der Waals surface area contributed by atoms with E-state index in [0.717, 1.165) is 18.3 Å². The van der Waals surface area contributed by atoms with Crippen LogP contribution in [-0.2, 0) is 0 Å². The smallest absolute Gasteiger partial charge is 0.0388 e. The minimum Gasteiger partial charge on any atom is -0.0622 e. The molecule has 0 bridgehead atoms. The van der Waals surface area contributed by atoms with Gasteiger partial charge in [-0.1, -0.05) is 39.5 Å². The van der Waals surface area contributed by atoms with Crippen LogP contribution < -0.4 is 0 Å². The van der Waals surface area contributed by atoms with Crippen molar-refractivity contribution < 1.29 is 0 Å². The van der Waals surface area contributed by atoms with Gasteiger partial charge in [0.25, 0.3) is 0 Å². The molecule has 1 radical (unpaired) electrons. The fraction of sp³-hybridized carbons (Fsp3) is 0.900. The lowest BCUT2D eigenvalue weighted by Crippen LogP contribution is -1.95. The molecule has 0 aromatic rings. The molecule has 1 rings (SSSR count). The van der Waals surface area contributed by atoms with Gasteiger partial charge in [-0.15, -0.1) is 0 Å². The van der Waals surface area contributed by atoms with Gasteiger partial charge in [0.15, 0.2) is 0 Å². The maximum atomic E-state index is 3.84. The molecule has 59 valence electrons. The SMILES string of the molecule is [CH2]CCCCC(C)C1CC1. The second-order valence-corrected chi connectivity index (χ2v) is 3.66. The Labute approximate surface area is 65.0 Å². The Hall–Kier alpha value is 0. The lowest BCUT2D eigenvalue weighted by Gasteiger charge is -2.07. The van der Waals surface area contributed by atoms with Gasteiger partial charge in [0.2, 0.25) is 0 Å². The molecule has 1 aliphatic carbocycles. The van der Waals surface area contributed by atoms with Crippen molar-refractivity contribution in [2.45, 2.75) is 45.4 Å². The van der Waals surface area contributed by atoms with Crippen molar-refractivity contribution in [3.8, 4) is 0 Å². The van der Waals surface area contributed by atoms with Crippen LogP contribution in [0.3, 0.4) is 0 Å². The third-order valence-corrected chi connectivity index (χ3v) is 2.59. The first-order valence-electron chi connectivity index (χ1n) is 4.64. The van der Waals surface area contributed by atoms with E-state index in [4.69, 9.17) is 0 Å². The van der Waals surface area contributed by atoms with Crippen molar-refractivity contribution in [2.75, 3.05) is 0 Å². The van der Waals surface area contributed by atoms with Crippen LogP contribution in [0.1, 0.15) is 45.4 Å². The number of rotatable bonds is 5. The third kappa shape index (κ3) is 2.72. The molecular formula is C10H19. The van der Waals surface area contributed by atoms with Crippen LogP contribution in [0, 0.1) is 18.8 Å². The quantitative estimate of drug-likeness (QED) is 0.512. The maximum absolute atomic E-state index is 3.84. The van der Waals surface area contributed by atoms with Crippen LogP contribution in [0.15, 0.2) is 0 Å². The highest BCUT2D eigenvalue weighted by Gasteiger charge is 2.26. The van der Waals surface area contributed by atoms with Crippen LogP contribution >= 0.6 is 0 Å². The first-order valence-corrected chi connectivity index (χ1v) is 4.64. The first kappa shape index (κ1) is 8.10. The van der Waals surface area contributed by atoms with Crippen LogP contribution in [0.5, 0.6) is 0 Å². The number of hydrogen-bond acceptors (Lipinski definition) is 0. The summed E-state index contributed by atoms with van der Waals surface area (Å²) in [6.07, 6.45) is 8.31. The fourth-order valence-corrected chi connectivity index (χ4v) is 1.54. The Bertz CT molecular complexity index is 82.0. The summed E-state index contributed by atoms with van der Waals surface area (Å²) in [6.45, 7) is 6.25. The normalized spacial score (nSPS) is 21.0. The topological polar surface area (TPSA) is 0 Å². The Balaban J connectivity index is 1.90. The van der Waals surface area contributed by atoms with E-state index in [2.05, 4.69) is 13.8 Å². The van der Waals surface area contributed by atoms with E-state index in [1.54, 1.807) is 0 Å². The highest BCUT2D eigenvalue weighted by atomic mass is 14.3. The molecule has 1 saturated carbocycles. The highest BCUT2D eigenvalue weighted by molar-refractivity contribution is 4.78. The Kier molecular flexibility index (Phi) is 3.24. The second kappa shape index (κ2) is 4.00. The van der Waals surface area contributed by atoms with E-state index in [9.17, 15) is 0 Å². The van der Waals surface area contributed by atoms with Crippen LogP contribution in [-0.4, -0.2) is 0 Å². The van der Waals surface area contributed by atoms with Gasteiger partial charge in [-0.2, -0.15) is 0 Å². The zero-order valence-electron chi connectivity index (χ0n) is 7.10. The van der Waals surface area contributed by atoms with Crippen molar-refractivity contribution in [2.24, 2.45) is 11.8 Å². The maximum Gasteiger partial charge on any atom is -0.0388 e. The monoisotopic (exact) mass is 139 g/mol. The lowest BCUT2D eigenvalue weighted by atomic mass is 9.99. The molecular weight excluding hydrogens is 120 g/mol. The standard InChI is InChI=1S/C10H19/c1-3-4-5-6-9(2)10-7-8-10/h9-10H,1,3-8H2,2H3. The largest absolute Gasteiger partial charge is 0.0622 e. The van der Waals surface area contributed by atoms with E-state index < -0.39 is 0 Å². The lowest BCUT2D eigenvalue weighted by molar-refractivity contribution is 0.447. The predicted octanol–water partition coefficient (Wildman–Crippen LogP) is 3.43. The minimum absolute atomic E-state index is 1.01. The molecule has 0 nitrogen and oxygen atoms in total. The average Bonchev–Trinajstić information content (AvgIpc) is 2.69. The molecule has 0 aromatic heterocycles. The van der Waals surface area contributed by atoms with Crippen LogP contribution in [0.25, 0.3) is 0 Å². The summed E-state index contributed by atoms with van der Waals surface area (Å²) in [7, 11) is 0.